The molecule has 1 amide bonds. The molecule has 1 unspecified atom stereocenters. The molecule has 1 aliphatic rings. The topological polar surface area (TPSA) is 67.6 Å². The van der Waals surface area contributed by atoms with E-state index in [1.807, 2.05) is 26.0 Å². The lowest BCUT2D eigenvalue weighted by Gasteiger charge is -2.30. The highest BCUT2D eigenvalue weighted by Gasteiger charge is 2.36. The monoisotopic (exact) mass is 440 g/mol. The summed E-state index contributed by atoms with van der Waals surface area (Å²) in [6, 6.07) is 10.7. The second-order valence-electron chi connectivity index (χ2n) is 6.39. The smallest absolute Gasteiger partial charge is 0.253 e. The van der Waals surface area contributed by atoms with Gasteiger partial charge in [-0.3, -0.25) is 4.79 Å². The van der Waals surface area contributed by atoms with E-state index in [1.165, 1.54) is 11.8 Å². The van der Waals surface area contributed by atoms with Crippen molar-refractivity contribution in [3.63, 3.8) is 0 Å². The van der Waals surface area contributed by atoms with Crippen molar-refractivity contribution in [1.82, 2.24) is 10.3 Å². The van der Waals surface area contributed by atoms with Crippen molar-refractivity contribution in [2.75, 3.05) is 18.2 Å². The molecular formula is C22H21ClN4O2S. The summed E-state index contributed by atoms with van der Waals surface area (Å²) < 4.78 is 5.34. The predicted molar refractivity (Wildman–Crippen MR) is 121 cm³/mol. The molecule has 1 aliphatic heterocycles. The van der Waals surface area contributed by atoms with Crippen molar-refractivity contribution < 1.29 is 9.53 Å². The second-order valence-corrected chi connectivity index (χ2v) is 8.03. The third-order valence-electron chi connectivity index (χ3n) is 4.61. The highest BCUT2D eigenvalue weighted by Crippen LogP contribution is 2.43. The van der Waals surface area contributed by atoms with Crippen LogP contribution in [0.4, 0.5) is 5.69 Å². The van der Waals surface area contributed by atoms with Gasteiger partial charge in [-0.2, -0.15) is 0 Å². The Morgan fingerprint density at radius 1 is 1.37 bits per heavy atom. The van der Waals surface area contributed by atoms with Gasteiger partial charge in [0, 0.05) is 17.5 Å². The van der Waals surface area contributed by atoms with E-state index in [1.54, 1.807) is 37.6 Å². The number of carbonyl (C=O) groups is 1. The fraction of sp³-hybridized carbons (Fsp3) is 0.227. The van der Waals surface area contributed by atoms with E-state index in [-0.39, 0.29) is 11.1 Å². The molecule has 0 aliphatic carbocycles. The number of thioether (sulfide) groups is 1. The lowest BCUT2D eigenvalue weighted by Crippen LogP contribution is -2.30. The van der Waals surface area contributed by atoms with E-state index in [0.717, 1.165) is 10.8 Å². The van der Waals surface area contributed by atoms with E-state index < -0.39 is 5.92 Å². The Morgan fingerprint density at radius 3 is 2.80 bits per heavy atom. The Bertz CT molecular complexity index is 1070. The van der Waals surface area contributed by atoms with E-state index in [4.69, 9.17) is 22.9 Å². The summed E-state index contributed by atoms with van der Waals surface area (Å²) in [6.07, 6.45) is 1.58. The van der Waals surface area contributed by atoms with Crippen LogP contribution in [0, 0.1) is 6.57 Å². The first-order valence-electron chi connectivity index (χ1n) is 9.28. The number of nitrogens with one attached hydrogen (secondary N) is 2. The van der Waals surface area contributed by atoms with Crippen LogP contribution in [0.15, 0.2) is 64.6 Å². The number of para-hydroxylation sites is 2. The number of carbonyl (C=O) groups excluding carboxylic acids is 1. The SMILES string of the molecule is [C-]#[N+]C1=C(SCC)NC(C)=C(C(=O)Nc2ccccc2OC)C1c1cccnc1Cl. The van der Waals surface area contributed by atoms with Crippen LogP contribution >= 0.6 is 23.4 Å². The minimum atomic E-state index is -0.631. The maximum absolute atomic E-state index is 13.4. The molecule has 1 aromatic heterocycles. The Labute approximate surface area is 185 Å². The van der Waals surface area contributed by atoms with E-state index in [9.17, 15) is 4.79 Å². The molecule has 2 aromatic rings. The van der Waals surface area contributed by atoms with Gasteiger partial charge < -0.3 is 15.4 Å². The lowest BCUT2D eigenvalue weighted by molar-refractivity contribution is -0.113. The second kappa shape index (κ2) is 9.70. The Hall–Kier alpha value is -2.95. The van der Waals surface area contributed by atoms with Crippen LogP contribution in [-0.4, -0.2) is 23.8 Å². The van der Waals surface area contributed by atoms with Crippen LogP contribution < -0.4 is 15.4 Å². The van der Waals surface area contributed by atoms with E-state index in [2.05, 4.69) is 20.5 Å². The van der Waals surface area contributed by atoms with Gasteiger partial charge in [0.1, 0.15) is 10.9 Å². The van der Waals surface area contributed by atoms with Crippen molar-refractivity contribution in [2.24, 2.45) is 0 Å². The number of ether oxygens (including phenoxy) is 1. The first-order valence-corrected chi connectivity index (χ1v) is 10.6. The van der Waals surface area contributed by atoms with Gasteiger partial charge >= 0.3 is 0 Å². The fourth-order valence-electron chi connectivity index (χ4n) is 3.31. The van der Waals surface area contributed by atoms with Crippen LogP contribution in [0.5, 0.6) is 5.75 Å². The largest absolute Gasteiger partial charge is 0.495 e. The third-order valence-corrected chi connectivity index (χ3v) is 5.81. The maximum atomic E-state index is 13.4. The molecule has 0 radical (unpaired) electrons. The minimum Gasteiger partial charge on any atom is -0.495 e. The zero-order valence-electron chi connectivity index (χ0n) is 16.8. The van der Waals surface area contributed by atoms with Crippen molar-refractivity contribution in [3.8, 4) is 5.75 Å². The first kappa shape index (κ1) is 21.8. The normalized spacial score (nSPS) is 16.0. The molecule has 154 valence electrons. The molecule has 6 nitrogen and oxygen atoms in total. The summed E-state index contributed by atoms with van der Waals surface area (Å²) >= 11 is 7.91. The number of aromatic nitrogens is 1. The minimum absolute atomic E-state index is 0.266. The molecule has 1 aromatic carbocycles. The average molecular weight is 441 g/mol. The number of halogens is 1. The van der Waals surface area contributed by atoms with E-state index >= 15 is 0 Å². The summed E-state index contributed by atoms with van der Waals surface area (Å²) in [5, 5.41) is 7.14. The summed E-state index contributed by atoms with van der Waals surface area (Å²) in [4.78, 5) is 21.3. The Balaban J connectivity index is 2.11. The summed E-state index contributed by atoms with van der Waals surface area (Å²) in [5.41, 5.74) is 2.67. The molecule has 0 saturated heterocycles. The van der Waals surface area contributed by atoms with Crippen molar-refractivity contribution in [3.05, 3.63) is 86.7 Å². The molecule has 2 heterocycles. The molecule has 0 bridgehead atoms. The van der Waals surface area contributed by atoms with Gasteiger partial charge in [0.05, 0.1) is 30.3 Å². The quantitative estimate of drug-likeness (QED) is 0.478. The molecule has 2 N–H and O–H groups in total. The first-order chi connectivity index (χ1) is 14.5. The number of hydrogen-bond donors (Lipinski definition) is 2. The van der Waals surface area contributed by atoms with Crippen molar-refractivity contribution in [1.29, 1.82) is 0 Å². The van der Waals surface area contributed by atoms with Gasteiger partial charge in [0.2, 0.25) is 5.70 Å². The number of pyridine rings is 1. The van der Waals surface area contributed by atoms with Crippen LogP contribution in [0.2, 0.25) is 5.15 Å². The molecule has 0 saturated carbocycles. The van der Waals surface area contributed by atoms with Gasteiger partial charge in [0.15, 0.2) is 0 Å². The van der Waals surface area contributed by atoms with Gasteiger partial charge in [-0.15, -0.1) is 11.8 Å². The fourth-order valence-corrected chi connectivity index (χ4v) is 4.36. The highest BCUT2D eigenvalue weighted by atomic mass is 35.5. The standard InChI is InChI=1S/C22H21ClN4O2S/c1-5-30-22-19(24-3)18(14-9-8-12-25-20(14)23)17(13(2)26-22)21(28)27-15-10-6-7-11-16(15)29-4/h6-12,18,26H,5H2,1-2,4H3,(H,27,28). The molecule has 3 rings (SSSR count). The van der Waals surface area contributed by atoms with Gasteiger partial charge in [0.25, 0.3) is 5.91 Å². The summed E-state index contributed by atoms with van der Waals surface area (Å²) in [6.45, 7) is 11.6. The van der Waals surface area contributed by atoms with Crippen LogP contribution in [0.25, 0.3) is 4.85 Å². The lowest BCUT2D eigenvalue weighted by atomic mass is 9.85. The Morgan fingerprint density at radius 2 is 2.13 bits per heavy atom. The van der Waals surface area contributed by atoms with Crippen LogP contribution in [0.3, 0.4) is 0 Å². The zero-order chi connectivity index (χ0) is 21.7. The van der Waals surface area contributed by atoms with Crippen LogP contribution in [0.1, 0.15) is 25.3 Å². The number of anilines is 1. The molecule has 0 fully saturated rings. The number of allylic oxidation sites excluding steroid dienone is 2. The molecular weight excluding hydrogens is 420 g/mol. The molecule has 30 heavy (non-hydrogen) atoms. The summed E-state index contributed by atoms with van der Waals surface area (Å²) in [5.74, 6) is 0.363. The van der Waals surface area contributed by atoms with Crippen molar-refractivity contribution in [2.45, 2.75) is 19.8 Å². The average Bonchev–Trinajstić information content (AvgIpc) is 2.74. The van der Waals surface area contributed by atoms with Gasteiger partial charge in [-0.05, 0) is 36.4 Å². The number of methoxy groups -OCH3 is 1. The highest BCUT2D eigenvalue weighted by molar-refractivity contribution is 8.03. The summed E-state index contributed by atoms with van der Waals surface area (Å²) in [7, 11) is 1.55. The zero-order valence-corrected chi connectivity index (χ0v) is 18.4. The molecule has 0 spiro atoms. The Kier molecular flexibility index (Phi) is 7.03. The number of nitrogens with zero attached hydrogens (tertiary/aromatic N) is 2. The third kappa shape index (κ3) is 4.30. The van der Waals surface area contributed by atoms with Crippen LogP contribution in [-0.2, 0) is 4.79 Å². The van der Waals surface area contributed by atoms with E-state index in [0.29, 0.717) is 34.0 Å². The van der Waals surface area contributed by atoms with Gasteiger partial charge in [-0.25, -0.2) is 9.83 Å². The number of dihydropyridines is 1. The van der Waals surface area contributed by atoms with Crippen molar-refractivity contribution >= 4 is 35.0 Å². The number of hydrogen-bond acceptors (Lipinski definition) is 5. The number of benzene rings is 1. The number of amides is 1. The molecule has 8 heteroatoms. The predicted octanol–water partition coefficient (Wildman–Crippen LogP) is 5.18. The number of rotatable bonds is 6. The molecule has 1 atom stereocenters. The van der Waals surface area contributed by atoms with Gasteiger partial charge in [-0.1, -0.05) is 36.7 Å². The maximum Gasteiger partial charge on any atom is 0.253 e.